The lowest BCUT2D eigenvalue weighted by Gasteiger charge is -2.37. The van der Waals surface area contributed by atoms with Crippen LogP contribution in [-0.4, -0.2) is 62.7 Å². The summed E-state index contributed by atoms with van der Waals surface area (Å²) >= 11 is 0. The zero-order chi connectivity index (χ0) is 13.4. The van der Waals surface area contributed by atoms with Gasteiger partial charge >= 0.3 is 0 Å². The number of hydrogen-bond acceptors (Lipinski definition) is 3. The van der Waals surface area contributed by atoms with Crippen LogP contribution in [-0.2, 0) is 0 Å². The molecule has 3 heteroatoms. The Bertz CT molecular complexity index is 202. The maximum atomic E-state index is 3.21. The van der Waals surface area contributed by atoms with E-state index in [1.54, 1.807) is 0 Å². The third-order valence-corrected chi connectivity index (χ3v) is 3.56. The van der Waals surface area contributed by atoms with Gasteiger partial charge in [0, 0.05) is 32.7 Å². The molecular weight excluding hydrogens is 222 g/mol. The van der Waals surface area contributed by atoms with Crippen molar-refractivity contribution < 1.29 is 0 Å². The molecule has 0 saturated carbocycles. The topological polar surface area (TPSA) is 18.5 Å². The second kappa shape index (κ2) is 8.13. The number of piperazine rings is 1. The standard InChI is InChI=1S/C15H33N3/c1-15(2,3)14-18-12-10-17(11-13-18)9-7-5-6-8-16-4/h16H,5-14H2,1-4H3. The van der Waals surface area contributed by atoms with Crippen LogP contribution in [0.1, 0.15) is 40.0 Å². The molecule has 0 amide bonds. The molecule has 18 heavy (non-hydrogen) atoms. The molecule has 1 rings (SSSR count). The number of unbranched alkanes of at least 4 members (excludes halogenated alkanes) is 2. The van der Waals surface area contributed by atoms with Crippen LogP contribution in [0.25, 0.3) is 0 Å². The summed E-state index contributed by atoms with van der Waals surface area (Å²) in [5.41, 5.74) is 0.440. The maximum absolute atomic E-state index is 3.21. The van der Waals surface area contributed by atoms with Crippen LogP contribution in [0, 0.1) is 5.41 Å². The van der Waals surface area contributed by atoms with Crippen molar-refractivity contribution in [3.8, 4) is 0 Å². The highest BCUT2D eigenvalue weighted by atomic mass is 15.3. The molecule has 0 atom stereocenters. The monoisotopic (exact) mass is 255 g/mol. The fourth-order valence-electron chi connectivity index (χ4n) is 2.66. The minimum atomic E-state index is 0.440. The first kappa shape index (κ1) is 15.9. The van der Waals surface area contributed by atoms with Crippen LogP contribution in [0.5, 0.6) is 0 Å². The van der Waals surface area contributed by atoms with E-state index in [2.05, 4.69) is 35.9 Å². The fraction of sp³-hybridized carbons (Fsp3) is 1.00. The molecule has 1 N–H and O–H groups in total. The summed E-state index contributed by atoms with van der Waals surface area (Å²) in [7, 11) is 2.04. The fourth-order valence-corrected chi connectivity index (χ4v) is 2.66. The minimum absolute atomic E-state index is 0.440. The largest absolute Gasteiger partial charge is 0.320 e. The Balaban J connectivity index is 2.05. The van der Waals surface area contributed by atoms with Gasteiger partial charge in [-0.3, -0.25) is 0 Å². The molecule has 3 nitrogen and oxygen atoms in total. The van der Waals surface area contributed by atoms with Crippen molar-refractivity contribution >= 4 is 0 Å². The zero-order valence-corrected chi connectivity index (χ0v) is 13.0. The second-order valence-electron chi connectivity index (χ2n) is 6.84. The third-order valence-electron chi connectivity index (χ3n) is 3.56. The Morgan fingerprint density at radius 2 is 1.50 bits per heavy atom. The van der Waals surface area contributed by atoms with E-state index in [1.165, 1.54) is 65.1 Å². The number of nitrogens with one attached hydrogen (secondary N) is 1. The van der Waals surface area contributed by atoms with Crippen LogP contribution in [0.2, 0.25) is 0 Å². The van der Waals surface area contributed by atoms with Gasteiger partial charge in [0.15, 0.2) is 0 Å². The van der Waals surface area contributed by atoms with Crippen LogP contribution in [0.4, 0.5) is 0 Å². The summed E-state index contributed by atoms with van der Waals surface area (Å²) in [5, 5.41) is 3.21. The molecule has 0 aromatic heterocycles. The predicted octanol–water partition coefficient (Wildman–Crippen LogP) is 2.04. The molecule has 0 aliphatic carbocycles. The van der Waals surface area contributed by atoms with Crippen molar-refractivity contribution in [1.29, 1.82) is 0 Å². The smallest absolute Gasteiger partial charge is 0.0110 e. The number of rotatable bonds is 7. The van der Waals surface area contributed by atoms with Crippen molar-refractivity contribution in [2.24, 2.45) is 5.41 Å². The van der Waals surface area contributed by atoms with Gasteiger partial charge in [-0.25, -0.2) is 0 Å². The maximum Gasteiger partial charge on any atom is 0.0110 e. The van der Waals surface area contributed by atoms with Gasteiger partial charge in [-0.15, -0.1) is 0 Å². The van der Waals surface area contributed by atoms with E-state index in [1.807, 2.05) is 7.05 Å². The van der Waals surface area contributed by atoms with E-state index in [4.69, 9.17) is 0 Å². The van der Waals surface area contributed by atoms with E-state index in [-0.39, 0.29) is 0 Å². The summed E-state index contributed by atoms with van der Waals surface area (Å²) in [6, 6.07) is 0. The van der Waals surface area contributed by atoms with E-state index in [0.29, 0.717) is 5.41 Å². The molecule has 0 bridgehead atoms. The van der Waals surface area contributed by atoms with Crippen molar-refractivity contribution in [2.75, 3.05) is 52.9 Å². The van der Waals surface area contributed by atoms with Gasteiger partial charge in [0.2, 0.25) is 0 Å². The van der Waals surface area contributed by atoms with Crippen molar-refractivity contribution in [1.82, 2.24) is 15.1 Å². The molecule has 0 spiro atoms. The lowest BCUT2D eigenvalue weighted by molar-refractivity contribution is 0.101. The summed E-state index contributed by atoms with van der Waals surface area (Å²) in [6.07, 6.45) is 4.05. The molecule has 1 saturated heterocycles. The Morgan fingerprint density at radius 1 is 0.889 bits per heavy atom. The number of nitrogens with zero attached hydrogens (tertiary/aromatic N) is 2. The highest BCUT2D eigenvalue weighted by molar-refractivity contribution is 4.76. The van der Waals surface area contributed by atoms with Gasteiger partial charge in [-0.05, 0) is 38.4 Å². The van der Waals surface area contributed by atoms with Crippen LogP contribution < -0.4 is 5.32 Å². The molecule has 1 heterocycles. The van der Waals surface area contributed by atoms with Crippen molar-refractivity contribution in [2.45, 2.75) is 40.0 Å². The van der Waals surface area contributed by atoms with Gasteiger partial charge < -0.3 is 15.1 Å². The molecule has 0 aromatic carbocycles. The summed E-state index contributed by atoms with van der Waals surface area (Å²) in [6.45, 7) is 15.8. The molecule has 1 aliphatic rings. The Morgan fingerprint density at radius 3 is 2.06 bits per heavy atom. The first-order valence-corrected chi connectivity index (χ1v) is 7.60. The number of hydrogen-bond donors (Lipinski definition) is 1. The summed E-state index contributed by atoms with van der Waals surface area (Å²) < 4.78 is 0. The minimum Gasteiger partial charge on any atom is -0.320 e. The molecule has 1 aliphatic heterocycles. The lowest BCUT2D eigenvalue weighted by atomic mass is 9.96. The van der Waals surface area contributed by atoms with E-state index >= 15 is 0 Å². The summed E-state index contributed by atoms with van der Waals surface area (Å²) in [5.74, 6) is 0. The molecule has 0 unspecified atom stereocenters. The average Bonchev–Trinajstić information content (AvgIpc) is 2.29. The van der Waals surface area contributed by atoms with Gasteiger partial charge in [-0.1, -0.05) is 27.2 Å². The molecule has 1 fully saturated rings. The van der Waals surface area contributed by atoms with Crippen LogP contribution in [0.3, 0.4) is 0 Å². The van der Waals surface area contributed by atoms with E-state index in [0.717, 1.165) is 0 Å². The van der Waals surface area contributed by atoms with Gasteiger partial charge in [-0.2, -0.15) is 0 Å². The molecule has 0 radical (unpaired) electrons. The average molecular weight is 255 g/mol. The quantitative estimate of drug-likeness (QED) is 0.702. The third kappa shape index (κ3) is 7.34. The summed E-state index contributed by atoms with van der Waals surface area (Å²) in [4.78, 5) is 5.26. The van der Waals surface area contributed by atoms with Crippen molar-refractivity contribution in [3.63, 3.8) is 0 Å². The first-order chi connectivity index (χ1) is 8.51. The van der Waals surface area contributed by atoms with Crippen molar-refractivity contribution in [3.05, 3.63) is 0 Å². The Labute approximate surface area is 114 Å². The molecule has 0 aromatic rings. The first-order valence-electron chi connectivity index (χ1n) is 7.60. The lowest BCUT2D eigenvalue weighted by Crippen LogP contribution is -2.48. The van der Waals surface area contributed by atoms with Gasteiger partial charge in [0.25, 0.3) is 0 Å². The SMILES string of the molecule is CNCCCCCN1CCN(CC(C)(C)C)CC1. The molecular formula is C15H33N3. The Kier molecular flexibility index (Phi) is 7.20. The molecule has 108 valence electrons. The Hall–Kier alpha value is -0.120. The zero-order valence-electron chi connectivity index (χ0n) is 13.0. The van der Waals surface area contributed by atoms with E-state index in [9.17, 15) is 0 Å². The predicted molar refractivity (Wildman–Crippen MR) is 80.1 cm³/mol. The van der Waals surface area contributed by atoms with Gasteiger partial charge in [0.1, 0.15) is 0 Å². The van der Waals surface area contributed by atoms with Crippen LogP contribution in [0.15, 0.2) is 0 Å². The normalized spacial score (nSPS) is 19.3. The van der Waals surface area contributed by atoms with Gasteiger partial charge in [0.05, 0.1) is 0 Å². The highest BCUT2D eigenvalue weighted by Crippen LogP contribution is 2.16. The van der Waals surface area contributed by atoms with Crippen LogP contribution >= 0.6 is 0 Å². The highest BCUT2D eigenvalue weighted by Gasteiger charge is 2.20. The second-order valence-corrected chi connectivity index (χ2v) is 6.84. The van der Waals surface area contributed by atoms with E-state index < -0.39 is 0 Å².